The number of hydrogen-bond donors (Lipinski definition) is 0. The Labute approximate surface area is 184 Å². The molecule has 9 heteroatoms. The third-order valence-corrected chi connectivity index (χ3v) is 5.32. The van der Waals surface area contributed by atoms with Crippen molar-refractivity contribution in [1.29, 1.82) is 0 Å². The molecule has 1 heterocycles. The highest BCUT2D eigenvalue weighted by Crippen LogP contribution is 2.30. The fourth-order valence-electron chi connectivity index (χ4n) is 3.42. The third kappa shape index (κ3) is 6.69. The van der Waals surface area contributed by atoms with Gasteiger partial charge in [-0.25, -0.2) is 0 Å². The van der Waals surface area contributed by atoms with Crippen molar-refractivity contribution in [3.05, 3.63) is 53.1 Å². The van der Waals surface area contributed by atoms with E-state index >= 15 is 0 Å². The molecule has 1 fully saturated rings. The Kier molecular flexibility index (Phi) is 7.54. The van der Waals surface area contributed by atoms with E-state index in [1.807, 2.05) is 29.2 Å². The molecule has 1 aliphatic heterocycles. The molecule has 3 rings (SSSR count). The van der Waals surface area contributed by atoms with Crippen LogP contribution in [-0.2, 0) is 11.2 Å². The Balaban J connectivity index is 1.49. The lowest BCUT2D eigenvalue weighted by atomic mass is 10.1. The van der Waals surface area contributed by atoms with E-state index in [0.29, 0.717) is 31.0 Å². The highest BCUT2D eigenvalue weighted by molar-refractivity contribution is 6.30. The zero-order valence-electron chi connectivity index (χ0n) is 17.1. The SMILES string of the molecule is COc1cc(CCC(=O)N2CCN(c3ccc(Cl)cc3)CC2)ccc1OCC(F)(F)F. The molecule has 2 aromatic carbocycles. The molecular formula is C22H24ClF3N2O3. The van der Waals surface area contributed by atoms with Crippen molar-refractivity contribution < 1.29 is 27.4 Å². The number of hydrogen-bond acceptors (Lipinski definition) is 4. The second kappa shape index (κ2) is 10.1. The third-order valence-electron chi connectivity index (χ3n) is 5.07. The fourth-order valence-corrected chi connectivity index (χ4v) is 3.55. The quantitative estimate of drug-likeness (QED) is 0.612. The molecule has 1 saturated heterocycles. The minimum Gasteiger partial charge on any atom is -0.493 e. The molecule has 1 amide bonds. The molecule has 0 N–H and O–H groups in total. The van der Waals surface area contributed by atoms with Gasteiger partial charge in [0.15, 0.2) is 18.1 Å². The first-order chi connectivity index (χ1) is 14.7. The van der Waals surface area contributed by atoms with Crippen LogP contribution in [0.1, 0.15) is 12.0 Å². The van der Waals surface area contributed by atoms with Gasteiger partial charge in [-0.3, -0.25) is 4.79 Å². The Morgan fingerprint density at radius 3 is 2.32 bits per heavy atom. The number of carbonyl (C=O) groups is 1. The normalized spacial score (nSPS) is 14.5. The molecule has 0 spiro atoms. The molecule has 31 heavy (non-hydrogen) atoms. The molecule has 0 aromatic heterocycles. The van der Waals surface area contributed by atoms with Crippen LogP contribution < -0.4 is 14.4 Å². The van der Waals surface area contributed by atoms with E-state index in [4.69, 9.17) is 21.1 Å². The number of nitrogens with zero attached hydrogens (tertiary/aromatic N) is 2. The van der Waals surface area contributed by atoms with Gasteiger partial charge >= 0.3 is 6.18 Å². The summed E-state index contributed by atoms with van der Waals surface area (Å²) in [4.78, 5) is 16.7. The Morgan fingerprint density at radius 2 is 1.71 bits per heavy atom. The van der Waals surface area contributed by atoms with Crippen molar-refractivity contribution >= 4 is 23.2 Å². The first-order valence-electron chi connectivity index (χ1n) is 9.90. The number of anilines is 1. The first kappa shape index (κ1) is 23.1. The lowest BCUT2D eigenvalue weighted by Crippen LogP contribution is -2.48. The maximum Gasteiger partial charge on any atom is 0.422 e. The predicted molar refractivity (Wildman–Crippen MR) is 113 cm³/mol. The molecule has 0 aliphatic carbocycles. The van der Waals surface area contributed by atoms with Crippen molar-refractivity contribution in [3.8, 4) is 11.5 Å². The lowest BCUT2D eigenvalue weighted by molar-refractivity contribution is -0.153. The number of ether oxygens (including phenoxy) is 2. The number of amides is 1. The maximum absolute atomic E-state index is 12.6. The molecular weight excluding hydrogens is 433 g/mol. The molecule has 0 bridgehead atoms. The molecule has 0 saturated carbocycles. The maximum atomic E-state index is 12.6. The summed E-state index contributed by atoms with van der Waals surface area (Å²) in [6, 6.07) is 12.3. The van der Waals surface area contributed by atoms with Crippen LogP contribution in [0.5, 0.6) is 11.5 Å². The fraction of sp³-hybridized carbons (Fsp3) is 0.409. The lowest BCUT2D eigenvalue weighted by Gasteiger charge is -2.36. The number of rotatable bonds is 7. The van der Waals surface area contributed by atoms with Crippen molar-refractivity contribution in [2.24, 2.45) is 0 Å². The summed E-state index contributed by atoms with van der Waals surface area (Å²) in [6.45, 7) is 1.37. The van der Waals surface area contributed by atoms with Crippen molar-refractivity contribution in [2.45, 2.75) is 19.0 Å². The van der Waals surface area contributed by atoms with Crippen LogP contribution in [0.2, 0.25) is 5.02 Å². The van der Waals surface area contributed by atoms with Crippen LogP contribution in [0.15, 0.2) is 42.5 Å². The summed E-state index contributed by atoms with van der Waals surface area (Å²) >= 11 is 5.93. The van der Waals surface area contributed by atoms with E-state index in [2.05, 4.69) is 4.90 Å². The highest BCUT2D eigenvalue weighted by Gasteiger charge is 2.29. The van der Waals surface area contributed by atoms with Gasteiger partial charge in [0, 0.05) is 43.3 Å². The van der Waals surface area contributed by atoms with E-state index < -0.39 is 12.8 Å². The zero-order valence-corrected chi connectivity index (χ0v) is 17.9. The van der Waals surface area contributed by atoms with Gasteiger partial charge in [-0.15, -0.1) is 0 Å². The Bertz CT molecular complexity index is 883. The zero-order chi connectivity index (χ0) is 22.4. The van der Waals surface area contributed by atoms with E-state index in [1.165, 1.54) is 13.2 Å². The largest absolute Gasteiger partial charge is 0.493 e. The van der Waals surface area contributed by atoms with Crippen LogP contribution in [0.4, 0.5) is 18.9 Å². The minimum atomic E-state index is -4.42. The van der Waals surface area contributed by atoms with Gasteiger partial charge in [0.2, 0.25) is 5.91 Å². The minimum absolute atomic E-state index is 0.0215. The smallest absolute Gasteiger partial charge is 0.422 e. The first-order valence-corrected chi connectivity index (χ1v) is 10.3. The van der Waals surface area contributed by atoms with Gasteiger partial charge in [-0.05, 0) is 48.4 Å². The number of aryl methyl sites for hydroxylation is 1. The Morgan fingerprint density at radius 1 is 1.03 bits per heavy atom. The second-order valence-corrected chi connectivity index (χ2v) is 7.67. The van der Waals surface area contributed by atoms with Gasteiger partial charge in [-0.2, -0.15) is 13.2 Å². The summed E-state index contributed by atoms with van der Waals surface area (Å²) in [7, 11) is 1.37. The van der Waals surface area contributed by atoms with Crippen LogP contribution in [-0.4, -0.2) is 56.9 Å². The summed E-state index contributed by atoms with van der Waals surface area (Å²) in [6.07, 6.45) is -3.65. The summed E-state index contributed by atoms with van der Waals surface area (Å²) in [5.41, 5.74) is 1.88. The summed E-state index contributed by atoms with van der Waals surface area (Å²) in [5, 5.41) is 0.689. The predicted octanol–water partition coefficient (Wildman–Crippen LogP) is 4.57. The number of piperazine rings is 1. The summed E-state index contributed by atoms with van der Waals surface area (Å²) < 4.78 is 47.0. The molecule has 0 unspecified atom stereocenters. The van der Waals surface area contributed by atoms with E-state index in [9.17, 15) is 18.0 Å². The van der Waals surface area contributed by atoms with Gasteiger partial charge in [0.05, 0.1) is 7.11 Å². The van der Waals surface area contributed by atoms with E-state index in [1.54, 1.807) is 12.1 Å². The standard InChI is InChI=1S/C22H24ClF3N2O3/c1-30-20-14-16(2-8-19(20)31-15-22(24,25)26)3-9-21(29)28-12-10-27(11-13-28)18-6-4-17(23)5-7-18/h2,4-8,14H,3,9-13,15H2,1H3. The van der Waals surface area contributed by atoms with Crippen molar-refractivity contribution in [1.82, 2.24) is 4.90 Å². The number of alkyl halides is 3. The van der Waals surface area contributed by atoms with E-state index in [0.717, 1.165) is 24.3 Å². The van der Waals surface area contributed by atoms with Gasteiger partial charge in [0.1, 0.15) is 0 Å². The van der Waals surface area contributed by atoms with Gasteiger partial charge < -0.3 is 19.3 Å². The number of benzene rings is 2. The molecule has 5 nitrogen and oxygen atoms in total. The van der Waals surface area contributed by atoms with Gasteiger partial charge in [-0.1, -0.05) is 17.7 Å². The number of carbonyl (C=O) groups excluding carboxylic acids is 1. The van der Waals surface area contributed by atoms with Gasteiger partial charge in [0.25, 0.3) is 0 Å². The monoisotopic (exact) mass is 456 g/mol. The number of methoxy groups -OCH3 is 1. The molecule has 0 radical (unpaired) electrons. The molecule has 1 aliphatic rings. The topological polar surface area (TPSA) is 42.0 Å². The summed E-state index contributed by atoms with van der Waals surface area (Å²) in [5.74, 6) is 0.283. The molecule has 0 atom stereocenters. The van der Waals surface area contributed by atoms with Crippen LogP contribution in [0, 0.1) is 0 Å². The van der Waals surface area contributed by atoms with E-state index in [-0.39, 0.29) is 17.4 Å². The van der Waals surface area contributed by atoms with Crippen molar-refractivity contribution in [2.75, 3.05) is 44.8 Å². The molecule has 168 valence electrons. The Hall–Kier alpha value is -2.61. The average Bonchev–Trinajstić information content (AvgIpc) is 2.76. The van der Waals surface area contributed by atoms with Crippen molar-refractivity contribution in [3.63, 3.8) is 0 Å². The highest BCUT2D eigenvalue weighted by atomic mass is 35.5. The second-order valence-electron chi connectivity index (χ2n) is 7.23. The van der Waals surface area contributed by atoms with Crippen LogP contribution in [0.3, 0.4) is 0 Å². The van der Waals surface area contributed by atoms with Crippen LogP contribution in [0.25, 0.3) is 0 Å². The molecule has 2 aromatic rings. The number of halogens is 4. The van der Waals surface area contributed by atoms with Crippen LogP contribution >= 0.6 is 11.6 Å². The average molecular weight is 457 g/mol.